The number of amides is 1. The summed E-state index contributed by atoms with van der Waals surface area (Å²) in [7, 11) is 0. The molecule has 25 heavy (non-hydrogen) atoms. The number of benzene rings is 1. The lowest BCUT2D eigenvalue weighted by Gasteiger charge is -2.24. The van der Waals surface area contributed by atoms with Crippen LogP contribution in [0.4, 0.5) is 4.79 Å². The van der Waals surface area contributed by atoms with Gasteiger partial charge in [0.05, 0.1) is 18.9 Å². The monoisotopic (exact) mass is 337 g/mol. The maximum atomic E-state index is 12.3. The number of fused-ring (bicyclic) bond motifs is 2. The second kappa shape index (κ2) is 7.03. The minimum Gasteiger partial charge on any atom is -0.378 e. The Hall–Kier alpha value is -2.73. The molecule has 2 aliphatic rings. The molecule has 1 aromatic heterocycles. The first-order valence-electron chi connectivity index (χ1n) is 8.47. The van der Waals surface area contributed by atoms with Crippen LogP contribution in [0, 0.1) is 0 Å². The van der Waals surface area contributed by atoms with E-state index in [-0.39, 0.29) is 0 Å². The van der Waals surface area contributed by atoms with Gasteiger partial charge in [0.15, 0.2) is 0 Å². The quantitative estimate of drug-likeness (QED) is 0.592. The molecule has 6 nitrogen and oxygen atoms in total. The van der Waals surface area contributed by atoms with Crippen LogP contribution in [0.5, 0.6) is 0 Å². The van der Waals surface area contributed by atoms with Gasteiger partial charge < -0.3 is 9.64 Å². The summed E-state index contributed by atoms with van der Waals surface area (Å²) in [5.74, 6) is 0. The fourth-order valence-corrected chi connectivity index (χ4v) is 3.21. The minimum atomic E-state index is -0.442. The Balaban J connectivity index is 1.68. The highest BCUT2D eigenvalue weighted by molar-refractivity contribution is 6.14. The number of ether oxygens (including phenoxy) is 1. The molecule has 1 aliphatic heterocycles. The van der Waals surface area contributed by atoms with Crippen molar-refractivity contribution in [2.24, 2.45) is 5.16 Å². The van der Waals surface area contributed by atoms with Crippen molar-refractivity contribution in [1.29, 1.82) is 0 Å². The number of oxime groups is 1. The largest absolute Gasteiger partial charge is 0.436 e. The van der Waals surface area contributed by atoms with E-state index in [1.165, 1.54) is 5.56 Å². The van der Waals surface area contributed by atoms with E-state index in [0.717, 1.165) is 29.7 Å². The number of morpholine rings is 1. The zero-order chi connectivity index (χ0) is 17.1. The molecule has 0 radical (unpaired) electrons. The average molecular weight is 337 g/mol. The predicted octanol–water partition coefficient (Wildman–Crippen LogP) is 2.40. The number of pyridine rings is 1. The number of hydrogen-bond donors (Lipinski definition) is 0. The molecule has 2 heterocycles. The smallest absolute Gasteiger partial charge is 0.378 e. The van der Waals surface area contributed by atoms with Crippen LogP contribution >= 0.6 is 0 Å². The molecule has 1 fully saturated rings. The summed E-state index contributed by atoms with van der Waals surface area (Å²) in [5.41, 5.74) is 4.73. The highest BCUT2D eigenvalue weighted by atomic mass is 16.7. The zero-order valence-corrected chi connectivity index (χ0v) is 13.9. The number of hydrogen-bond acceptors (Lipinski definition) is 5. The molecule has 0 unspecified atom stereocenters. The lowest BCUT2D eigenvalue weighted by Crippen LogP contribution is -2.40. The van der Waals surface area contributed by atoms with Crippen molar-refractivity contribution in [3.05, 3.63) is 65.0 Å². The maximum Gasteiger partial charge on any atom is 0.436 e. The van der Waals surface area contributed by atoms with Gasteiger partial charge in [-0.05, 0) is 30.5 Å². The van der Waals surface area contributed by atoms with Gasteiger partial charge in [0, 0.05) is 30.4 Å². The number of rotatable bonds is 1. The summed E-state index contributed by atoms with van der Waals surface area (Å²) in [6.45, 7) is 2.11. The van der Waals surface area contributed by atoms with Crippen molar-refractivity contribution in [1.82, 2.24) is 9.88 Å². The predicted molar refractivity (Wildman–Crippen MR) is 92.6 cm³/mol. The molecule has 6 heteroatoms. The van der Waals surface area contributed by atoms with E-state index < -0.39 is 6.09 Å². The van der Waals surface area contributed by atoms with E-state index in [2.05, 4.69) is 16.2 Å². The molecule has 0 spiro atoms. The van der Waals surface area contributed by atoms with Crippen molar-refractivity contribution in [2.75, 3.05) is 26.3 Å². The van der Waals surface area contributed by atoms with Gasteiger partial charge in [-0.25, -0.2) is 4.79 Å². The van der Waals surface area contributed by atoms with E-state index in [0.29, 0.717) is 32.0 Å². The molecule has 1 aromatic carbocycles. The molecule has 4 rings (SSSR count). The fourth-order valence-electron chi connectivity index (χ4n) is 3.21. The Labute approximate surface area is 146 Å². The molecule has 1 aliphatic carbocycles. The van der Waals surface area contributed by atoms with Crippen LogP contribution in [0.1, 0.15) is 22.4 Å². The van der Waals surface area contributed by atoms with E-state index in [1.54, 1.807) is 11.1 Å². The molecule has 2 aromatic rings. The summed E-state index contributed by atoms with van der Waals surface area (Å²) in [6, 6.07) is 11.9. The van der Waals surface area contributed by atoms with Crippen molar-refractivity contribution >= 4 is 11.8 Å². The first-order valence-corrected chi connectivity index (χ1v) is 8.47. The molecular formula is C19H19N3O3. The molecule has 0 saturated carbocycles. The Bertz CT molecular complexity index is 764. The van der Waals surface area contributed by atoms with E-state index in [1.807, 2.05) is 30.3 Å². The third-order valence-corrected chi connectivity index (χ3v) is 4.53. The third-order valence-electron chi connectivity index (χ3n) is 4.53. The second-order valence-electron chi connectivity index (χ2n) is 6.05. The van der Waals surface area contributed by atoms with Crippen molar-refractivity contribution in [2.45, 2.75) is 12.8 Å². The standard InChI is InChI=1S/C19H19N3O3/c23-19(22-10-12-24-13-11-22)25-21-18-15-5-2-1-4-14(15)7-8-17-16(18)6-3-9-20-17/h1-6,9H,7-8,10-13H2/b21-18-. The Morgan fingerprint density at radius 3 is 2.76 bits per heavy atom. The molecule has 0 N–H and O–H groups in total. The van der Waals surface area contributed by atoms with Crippen LogP contribution < -0.4 is 0 Å². The summed E-state index contributed by atoms with van der Waals surface area (Å²) < 4.78 is 5.26. The average Bonchev–Trinajstić information content (AvgIpc) is 2.84. The zero-order valence-electron chi connectivity index (χ0n) is 13.9. The minimum absolute atomic E-state index is 0.442. The number of aryl methyl sites for hydroxylation is 2. The van der Waals surface area contributed by atoms with Gasteiger partial charge in [0.25, 0.3) is 0 Å². The van der Waals surface area contributed by atoms with Crippen LogP contribution in [0.3, 0.4) is 0 Å². The van der Waals surface area contributed by atoms with Crippen LogP contribution in [-0.4, -0.2) is 48.0 Å². The lowest BCUT2D eigenvalue weighted by molar-refractivity contribution is 0.0280. The Morgan fingerprint density at radius 1 is 1.08 bits per heavy atom. The Morgan fingerprint density at radius 2 is 1.88 bits per heavy atom. The summed E-state index contributed by atoms with van der Waals surface area (Å²) in [4.78, 5) is 23.7. The normalized spacial score (nSPS) is 18.2. The van der Waals surface area contributed by atoms with Crippen LogP contribution in [0.15, 0.2) is 47.8 Å². The van der Waals surface area contributed by atoms with Gasteiger partial charge >= 0.3 is 6.09 Å². The van der Waals surface area contributed by atoms with Crippen molar-refractivity contribution in [3.8, 4) is 0 Å². The molecule has 0 bridgehead atoms. The summed E-state index contributed by atoms with van der Waals surface area (Å²) >= 11 is 0. The number of carbonyl (C=O) groups excluding carboxylic acids is 1. The first kappa shape index (κ1) is 15.8. The topological polar surface area (TPSA) is 64.0 Å². The van der Waals surface area contributed by atoms with Gasteiger partial charge in [-0.3, -0.25) is 9.82 Å². The van der Waals surface area contributed by atoms with Crippen molar-refractivity contribution in [3.63, 3.8) is 0 Å². The maximum absolute atomic E-state index is 12.3. The van der Waals surface area contributed by atoms with Crippen LogP contribution in [-0.2, 0) is 22.4 Å². The molecule has 0 atom stereocenters. The third kappa shape index (κ3) is 3.25. The highest BCUT2D eigenvalue weighted by Crippen LogP contribution is 2.24. The Kier molecular flexibility index (Phi) is 4.43. The molecule has 128 valence electrons. The molecular weight excluding hydrogens is 318 g/mol. The van der Waals surface area contributed by atoms with Crippen LogP contribution in [0.25, 0.3) is 0 Å². The summed E-state index contributed by atoms with van der Waals surface area (Å²) in [5, 5.41) is 4.25. The van der Waals surface area contributed by atoms with E-state index in [9.17, 15) is 4.79 Å². The fraction of sp³-hybridized carbons (Fsp3) is 0.316. The second-order valence-corrected chi connectivity index (χ2v) is 6.05. The van der Waals surface area contributed by atoms with Crippen molar-refractivity contribution < 1.29 is 14.4 Å². The lowest BCUT2D eigenvalue weighted by atomic mass is 10.00. The van der Waals surface area contributed by atoms with Crippen LogP contribution in [0.2, 0.25) is 0 Å². The SMILES string of the molecule is O=C(O/N=C1/c2ccccc2CCc2ncccc21)N1CCOCC1. The van der Waals surface area contributed by atoms with Gasteiger partial charge in [-0.2, -0.15) is 0 Å². The van der Waals surface area contributed by atoms with Gasteiger partial charge in [-0.1, -0.05) is 29.4 Å². The van der Waals surface area contributed by atoms with E-state index in [4.69, 9.17) is 9.57 Å². The van der Waals surface area contributed by atoms with Gasteiger partial charge in [0.2, 0.25) is 0 Å². The highest BCUT2D eigenvalue weighted by Gasteiger charge is 2.23. The summed E-state index contributed by atoms with van der Waals surface area (Å²) in [6.07, 6.45) is 3.06. The van der Waals surface area contributed by atoms with E-state index >= 15 is 0 Å². The number of carbonyl (C=O) groups is 1. The molecule has 1 saturated heterocycles. The number of nitrogens with zero attached hydrogens (tertiary/aromatic N) is 3. The van der Waals surface area contributed by atoms with Gasteiger partial charge in [0.1, 0.15) is 5.71 Å². The first-order chi connectivity index (χ1) is 12.3. The van der Waals surface area contributed by atoms with Gasteiger partial charge in [-0.15, -0.1) is 0 Å². The molecule has 1 amide bonds. The number of aromatic nitrogens is 1.